The summed E-state index contributed by atoms with van der Waals surface area (Å²) < 4.78 is 16.2. The normalized spacial score (nSPS) is 14.1. The molecule has 5 rings (SSSR count). The molecule has 0 aliphatic carbocycles. The lowest BCUT2D eigenvalue weighted by Gasteiger charge is -2.28. The zero-order valence-corrected chi connectivity index (χ0v) is 18.3. The van der Waals surface area contributed by atoms with Gasteiger partial charge in [-0.05, 0) is 42.0 Å². The minimum atomic E-state index is -0.346. The lowest BCUT2D eigenvalue weighted by molar-refractivity contribution is 0.0736. The first-order valence-corrected chi connectivity index (χ1v) is 11.1. The van der Waals surface area contributed by atoms with Crippen LogP contribution in [0.5, 0.6) is 0 Å². The minimum Gasteiger partial charge on any atom is -0.336 e. The summed E-state index contributed by atoms with van der Waals surface area (Å²) in [5.41, 5.74) is 4.02. The van der Waals surface area contributed by atoms with Gasteiger partial charge in [0.2, 0.25) is 0 Å². The third-order valence-corrected chi connectivity index (χ3v) is 6.34. The summed E-state index contributed by atoms with van der Waals surface area (Å²) >= 11 is 6.44. The van der Waals surface area contributed by atoms with Crippen molar-refractivity contribution < 1.29 is 9.18 Å². The Hall–Kier alpha value is -3.15. The third-order valence-electron chi connectivity index (χ3n) is 5.97. The molecule has 0 radical (unpaired) electrons. The molecule has 0 bridgehead atoms. The molecule has 162 valence electrons. The number of amides is 1. The number of aromatic nitrogens is 1. The molecular weight excluding hydrogens is 425 g/mol. The first kappa shape index (κ1) is 20.7. The number of carbonyl (C=O) groups is 1. The zero-order valence-electron chi connectivity index (χ0n) is 17.5. The molecule has 1 aliphatic heterocycles. The number of fused-ring (bicyclic) bond motifs is 1. The number of hydrogen-bond donors (Lipinski definition) is 1. The van der Waals surface area contributed by atoms with Crippen LogP contribution in [0.3, 0.4) is 0 Å². The van der Waals surface area contributed by atoms with E-state index in [9.17, 15) is 9.18 Å². The summed E-state index contributed by atoms with van der Waals surface area (Å²) in [5, 5.41) is 4.67. The summed E-state index contributed by atoms with van der Waals surface area (Å²) in [6.07, 6.45) is 0.341. The number of piperazine rings is 1. The molecular formula is C26H23ClFN3O. The van der Waals surface area contributed by atoms with Gasteiger partial charge in [0, 0.05) is 54.4 Å². The fourth-order valence-electron chi connectivity index (χ4n) is 4.46. The van der Waals surface area contributed by atoms with Gasteiger partial charge in [-0.2, -0.15) is 0 Å². The van der Waals surface area contributed by atoms with Crippen molar-refractivity contribution in [1.82, 2.24) is 14.8 Å². The quantitative estimate of drug-likeness (QED) is 0.475. The van der Waals surface area contributed by atoms with Gasteiger partial charge in [-0.25, -0.2) is 4.39 Å². The molecule has 0 saturated carbocycles. The highest BCUT2D eigenvalue weighted by atomic mass is 35.5. The average Bonchev–Trinajstić information content (AvgIpc) is 3.15. The molecule has 0 atom stereocenters. The Labute approximate surface area is 191 Å². The number of nitrogens with zero attached hydrogens (tertiary/aromatic N) is 2. The Morgan fingerprint density at radius 2 is 1.69 bits per heavy atom. The fourth-order valence-corrected chi connectivity index (χ4v) is 4.64. The molecule has 1 aromatic heterocycles. The fraction of sp³-hybridized carbons (Fsp3) is 0.192. The highest BCUT2D eigenvalue weighted by Crippen LogP contribution is 2.33. The molecule has 1 fully saturated rings. The van der Waals surface area contributed by atoms with Crippen LogP contribution in [0.1, 0.15) is 21.6 Å². The molecule has 3 aromatic carbocycles. The van der Waals surface area contributed by atoms with Crippen molar-refractivity contribution in [3.8, 4) is 5.69 Å². The van der Waals surface area contributed by atoms with Crippen molar-refractivity contribution >= 4 is 28.4 Å². The molecule has 32 heavy (non-hydrogen) atoms. The lowest BCUT2D eigenvalue weighted by Crippen LogP contribution is -2.46. The van der Waals surface area contributed by atoms with Gasteiger partial charge in [-0.15, -0.1) is 0 Å². The van der Waals surface area contributed by atoms with Gasteiger partial charge >= 0.3 is 0 Å². The number of para-hydroxylation sites is 2. The van der Waals surface area contributed by atoms with Crippen LogP contribution >= 0.6 is 11.6 Å². The van der Waals surface area contributed by atoms with Gasteiger partial charge in [0.05, 0.1) is 11.1 Å². The molecule has 0 unspecified atom stereocenters. The van der Waals surface area contributed by atoms with Crippen molar-refractivity contribution in [2.24, 2.45) is 0 Å². The number of hydrogen-bond acceptors (Lipinski definition) is 2. The first-order valence-electron chi connectivity index (χ1n) is 10.7. The van der Waals surface area contributed by atoms with Crippen molar-refractivity contribution in [1.29, 1.82) is 0 Å². The Bertz CT molecular complexity index is 1280. The van der Waals surface area contributed by atoms with Crippen LogP contribution in [0.2, 0.25) is 5.02 Å². The van der Waals surface area contributed by atoms with Crippen LogP contribution in [0.15, 0.2) is 72.8 Å². The van der Waals surface area contributed by atoms with Gasteiger partial charge in [0.15, 0.2) is 0 Å². The second-order valence-electron chi connectivity index (χ2n) is 7.96. The Morgan fingerprint density at radius 1 is 0.969 bits per heavy atom. The van der Waals surface area contributed by atoms with E-state index in [1.807, 2.05) is 59.5 Å². The molecule has 2 heterocycles. The van der Waals surface area contributed by atoms with Gasteiger partial charge in [-0.3, -0.25) is 4.79 Å². The van der Waals surface area contributed by atoms with Crippen molar-refractivity contribution in [3.05, 3.63) is 100 Å². The number of halogens is 2. The van der Waals surface area contributed by atoms with E-state index in [1.165, 1.54) is 12.1 Å². The molecule has 6 heteroatoms. The Balaban J connectivity index is 1.76. The Morgan fingerprint density at radius 3 is 2.47 bits per heavy atom. The molecule has 1 saturated heterocycles. The third kappa shape index (κ3) is 3.78. The van der Waals surface area contributed by atoms with Crippen molar-refractivity contribution in [2.75, 3.05) is 26.2 Å². The number of benzene rings is 3. The van der Waals surface area contributed by atoms with Gasteiger partial charge in [0.25, 0.3) is 5.91 Å². The zero-order chi connectivity index (χ0) is 22.1. The van der Waals surface area contributed by atoms with E-state index in [4.69, 9.17) is 11.6 Å². The summed E-state index contributed by atoms with van der Waals surface area (Å²) in [6.45, 7) is 2.86. The molecule has 0 spiro atoms. The van der Waals surface area contributed by atoms with E-state index in [0.29, 0.717) is 35.7 Å². The van der Waals surface area contributed by atoms with Crippen LogP contribution in [-0.4, -0.2) is 41.6 Å². The average molecular weight is 448 g/mol. The van der Waals surface area contributed by atoms with Crippen LogP contribution in [0, 0.1) is 5.82 Å². The van der Waals surface area contributed by atoms with Crippen molar-refractivity contribution in [2.45, 2.75) is 6.42 Å². The van der Waals surface area contributed by atoms with Crippen LogP contribution < -0.4 is 5.32 Å². The SMILES string of the molecule is O=C(c1c(Cc2cc(F)ccc2Cl)n(-c2ccccc2)c2ccccc12)N1CCNCC1. The maximum absolute atomic E-state index is 14.1. The number of nitrogens with one attached hydrogen (secondary N) is 1. The number of carbonyl (C=O) groups excluding carboxylic acids is 1. The van der Waals surface area contributed by atoms with Gasteiger partial charge < -0.3 is 14.8 Å². The molecule has 1 N–H and O–H groups in total. The topological polar surface area (TPSA) is 37.3 Å². The predicted octanol–water partition coefficient (Wildman–Crippen LogP) is 5.06. The standard InChI is InChI=1S/C26H23ClFN3O/c27-22-11-10-19(28)16-18(22)17-24-25(26(32)30-14-12-29-13-15-30)21-8-4-5-9-23(21)31(24)20-6-2-1-3-7-20/h1-11,16,29H,12-15,17H2. The number of rotatable bonds is 4. The van der Waals surface area contributed by atoms with Crippen LogP contribution in [0.4, 0.5) is 4.39 Å². The smallest absolute Gasteiger partial charge is 0.256 e. The van der Waals surface area contributed by atoms with E-state index in [2.05, 4.69) is 9.88 Å². The highest BCUT2D eigenvalue weighted by Gasteiger charge is 2.28. The summed E-state index contributed by atoms with van der Waals surface area (Å²) in [5.74, 6) is -0.346. The molecule has 1 amide bonds. The van der Waals surface area contributed by atoms with Crippen LogP contribution in [-0.2, 0) is 6.42 Å². The maximum Gasteiger partial charge on any atom is 0.256 e. The van der Waals surface area contributed by atoms with E-state index in [-0.39, 0.29) is 11.7 Å². The van der Waals surface area contributed by atoms with E-state index >= 15 is 0 Å². The van der Waals surface area contributed by atoms with E-state index in [1.54, 1.807) is 6.07 Å². The predicted molar refractivity (Wildman–Crippen MR) is 126 cm³/mol. The van der Waals surface area contributed by atoms with E-state index in [0.717, 1.165) is 35.4 Å². The second kappa shape index (κ2) is 8.77. The summed E-state index contributed by atoms with van der Waals surface area (Å²) in [6, 6.07) is 22.2. The Kier molecular flexibility index (Phi) is 5.68. The minimum absolute atomic E-state index is 0.0000865. The second-order valence-corrected chi connectivity index (χ2v) is 8.37. The van der Waals surface area contributed by atoms with Crippen LogP contribution in [0.25, 0.3) is 16.6 Å². The molecule has 4 nitrogen and oxygen atoms in total. The van der Waals surface area contributed by atoms with Crippen molar-refractivity contribution in [3.63, 3.8) is 0 Å². The maximum atomic E-state index is 14.1. The van der Waals surface area contributed by atoms with E-state index < -0.39 is 0 Å². The van der Waals surface area contributed by atoms with Gasteiger partial charge in [0.1, 0.15) is 5.82 Å². The van der Waals surface area contributed by atoms with Gasteiger partial charge in [-0.1, -0.05) is 48.0 Å². The monoisotopic (exact) mass is 447 g/mol. The largest absolute Gasteiger partial charge is 0.336 e. The first-order chi connectivity index (χ1) is 15.6. The summed E-state index contributed by atoms with van der Waals surface area (Å²) in [7, 11) is 0. The molecule has 4 aromatic rings. The lowest BCUT2D eigenvalue weighted by atomic mass is 10.0. The highest BCUT2D eigenvalue weighted by molar-refractivity contribution is 6.31. The summed E-state index contributed by atoms with van der Waals surface area (Å²) in [4.78, 5) is 15.7. The molecule has 1 aliphatic rings.